The number of carbonyl (C=O) groups is 2. The maximum atomic E-state index is 12.4. The van der Waals surface area contributed by atoms with Crippen LogP contribution < -0.4 is 5.32 Å². The number of amides is 2. The molecular formula is C20H25N3O4S2. The van der Waals surface area contributed by atoms with Crippen LogP contribution >= 0.6 is 11.8 Å². The van der Waals surface area contributed by atoms with Crippen LogP contribution in [0.2, 0.25) is 0 Å². The Morgan fingerprint density at radius 1 is 1.03 bits per heavy atom. The molecule has 0 heterocycles. The molecule has 0 unspecified atom stereocenters. The number of carbonyl (C=O) groups excluding carboxylic acids is 2. The summed E-state index contributed by atoms with van der Waals surface area (Å²) in [4.78, 5) is 27.4. The predicted octanol–water partition coefficient (Wildman–Crippen LogP) is 2.05. The van der Waals surface area contributed by atoms with Crippen LogP contribution in [-0.2, 0) is 21.4 Å². The monoisotopic (exact) mass is 435 g/mol. The van der Waals surface area contributed by atoms with Gasteiger partial charge in [-0.15, -0.1) is 11.8 Å². The summed E-state index contributed by atoms with van der Waals surface area (Å²) in [5.41, 5.74) is 1.17. The number of nitrogens with zero attached hydrogens (tertiary/aromatic N) is 2. The summed E-state index contributed by atoms with van der Waals surface area (Å²) in [7, 11) is 0.871. The van der Waals surface area contributed by atoms with Gasteiger partial charge in [0.1, 0.15) is 0 Å². The van der Waals surface area contributed by atoms with Crippen molar-refractivity contribution in [2.24, 2.45) is 0 Å². The van der Waals surface area contributed by atoms with Gasteiger partial charge in [0.15, 0.2) is 0 Å². The van der Waals surface area contributed by atoms with Gasteiger partial charge in [0, 0.05) is 38.1 Å². The third kappa shape index (κ3) is 6.06. The SMILES string of the molecule is CSc1ccc(CN(C)C(=O)CNC(=O)c2cccc(S(=O)(=O)N(C)C)c2)cc1. The molecule has 0 saturated carbocycles. The van der Waals surface area contributed by atoms with E-state index in [-0.39, 0.29) is 22.9 Å². The molecule has 0 bridgehead atoms. The van der Waals surface area contributed by atoms with Crippen molar-refractivity contribution in [2.45, 2.75) is 16.3 Å². The minimum atomic E-state index is -3.64. The molecule has 2 amide bonds. The zero-order chi connectivity index (χ0) is 21.6. The van der Waals surface area contributed by atoms with Crippen LogP contribution in [0.3, 0.4) is 0 Å². The second-order valence-electron chi connectivity index (χ2n) is 6.60. The van der Waals surface area contributed by atoms with Gasteiger partial charge in [0.05, 0.1) is 11.4 Å². The lowest BCUT2D eigenvalue weighted by Gasteiger charge is -2.18. The standard InChI is InChI=1S/C20H25N3O4S2/c1-22(2)29(26,27)18-7-5-6-16(12-18)20(25)21-13-19(24)23(3)14-15-8-10-17(28-4)11-9-15/h5-12H,13-14H2,1-4H3,(H,21,25). The number of nitrogens with one attached hydrogen (secondary N) is 1. The molecular weight excluding hydrogens is 410 g/mol. The number of benzene rings is 2. The first-order chi connectivity index (χ1) is 13.6. The van der Waals surface area contributed by atoms with Gasteiger partial charge in [-0.25, -0.2) is 12.7 Å². The fraction of sp³-hybridized carbons (Fsp3) is 0.300. The van der Waals surface area contributed by atoms with Crippen LogP contribution in [-0.4, -0.2) is 63.4 Å². The average molecular weight is 436 g/mol. The fourth-order valence-electron chi connectivity index (χ4n) is 2.49. The Morgan fingerprint density at radius 3 is 2.28 bits per heavy atom. The van der Waals surface area contributed by atoms with E-state index in [0.29, 0.717) is 6.54 Å². The van der Waals surface area contributed by atoms with Crippen LogP contribution in [0.1, 0.15) is 15.9 Å². The van der Waals surface area contributed by atoms with Crippen molar-refractivity contribution in [2.75, 3.05) is 33.9 Å². The first kappa shape index (κ1) is 22.9. The number of likely N-dealkylation sites (N-methyl/N-ethyl adjacent to an activating group) is 1. The molecule has 2 aromatic carbocycles. The van der Waals surface area contributed by atoms with Gasteiger partial charge in [-0.2, -0.15) is 0 Å². The van der Waals surface area contributed by atoms with Gasteiger partial charge in [0.2, 0.25) is 15.9 Å². The van der Waals surface area contributed by atoms with E-state index >= 15 is 0 Å². The van der Waals surface area contributed by atoms with Crippen molar-refractivity contribution < 1.29 is 18.0 Å². The number of sulfonamides is 1. The van der Waals surface area contributed by atoms with Crippen LogP contribution in [0.15, 0.2) is 58.3 Å². The highest BCUT2D eigenvalue weighted by molar-refractivity contribution is 7.98. The molecule has 0 atom stereocenters. The summed E-state index contributed by atoms with van der Waals surface area (Å²) in [5.74, 6) is -0.753. The first-order valence-electron chi connectivity index (χ1n) is 8.83. The lowest BCUT2D eigenvalue weighted by molar-refractivity contribution is -0.129. The minimum absolute atomic E-state index is 0.0206. The first-order valence-corrected chi connectivity index (χ1v) is 11.5. The third-order valence-electron chi connectivity index (χ3n) is 4.28. The number of thioether (sulfide) groups is 1. The van der Waals surface area contributed by atoms with E-state index in [1.54, 1.807) is 18.8 Å². The molecule has 1 N–H and O–H groups in total. The summed E-state index contributed by atoms with van der Waals surface area (Å²) < 4.78 is 25.5. The molecule has 9 heteroatoms. The van der Waals surface area contributed by atoms with E-state index in [0.717, 1.165) is 14.8 Å². The largest absolute Gasteiger partial charge is 0.343 e. The smallest absolute Gasteiger partial charge is 0.251 e. The average Bonchev–Trinajstić information content (AvgIpc) is 2.72. The van der Waals surface area contributed by atoms with Crippen molar-refractivity contribution in [1.82, 2.24) is 14.5 Å². The lowest BCUT2D eigenvalue weighted by Crippen LogP contribution is -2.37. The molecule has 0 aromatic heterocycles. The minimum Gasteiger partial charge on any atom is -0.343 e. The highest BCUT2D eigenvalue weighted by atomic mass is 32.2. The highest BCUT2D eigenvalue weighted by Crippen LogP contribution is 2.16. The predicted molar refractivity (Wildman–Crippen MR) is 114 cm³/mol. The summed E-state index contributed by atoms with van der Waals surface area (Å²) in [6.45, 7) is 0.253. The molecule has 0 radical (unpaired) electrons. The van der Waals surface area contributed by atoms with Crippen molar-refractivity contribution in [3.8, 4) is 0 Å². The van der Waals surface area contributed by atoms with Crippen LogP contribution in [0.5, 0.6) is 0 Å². The molecule has 2 rings (SSSR count). The maximum absolute atomic E-state index is 12.4. The Labute approximate surface area is 176 Å². The van der Waals surface area contributed by atoms with Gasteiger partial charge >= 0.3 is 0 Å². The number of hydrogen-bond acceptors (Lipinski definition) is 5. The number of hydrogen-bond donors (Lipinski definition) is 1. The molecule has 0 saturated heterocycles. The summed E-state index contributed by atoms with van der Waals surface area (Å²) >= 11 is 1.65. The molecule has 0 aliphatic heterocycles. The molecule has 0 aliphatic rings. The molecule has 2 aromatic rings. The van der Waals surface area contributed by atoms with Gasteiger partial charge in [0.25, 0.3) is 5.91 Å². The van der Waals surface area contributed by atoms with E-state index in [1.807, 2.05) is 30.5 Å². The molecule has 0 aliphatic carbocycles. The van der Waals surface area contributed by atoms with Crippen LogP contribution in [0.4, 0.5) is 0 Å². The van der Waals surface area contributed by atoms with Crippen molar-refractivity contribution in [1.29, 1.82) is 0 Å². The van der Waals surface area contributed by atoms with Crippen molar-refractivity contribution >= 4 is 33.6 Å². The zero-order valence-electron chi connectivity index (χ0n) is 16.9. The molecule has 29 heavy (non-hydrogen) atoms. The van der Waals surface area contributed by atoms with E-state index in [9.17, 15) is 18.0 Å². The summed E-state index contributed by atoms with van der Waals surface area (Å²) in [6.07, 6.45) is 2.00. The Kier molecular flexibility index (Phi) is 7.83. The summed E-state index contributed by atoms with van der Waals surface area (Å²) in [6, 6.07) is 13.6. The van der Waals surface area contributed by atoms with E-state index < -0.39 is 15.9 Å². The Hall–Kier alpha value is -2.36. The van der Waals surface area contributed by atoms with Crippen molar-refractivity contribution in [3.05, 3.63) is 59.7 Å². The fourth-order valence-corrected chi connectivity index (χ4v) is 3.85. The molecule has 156 valence electrons. The van der Waals surface area contributed by atoms with Crippen molar-refractivity contribution in [3.63, 3.8) is 0 Å². The van der Waals surface area contributed by atoms with Gasteiger partial charge in [-0.05, 0) is 42.2 Å². The van der Waals surface area contributed by atoms with Gasteiger partial charge in [-0.3, -0.25) is 9.59 Å². The van der Waals surface area contributed by atoms with Gasteiger partial charge < -0.3 is 10.2 Å². The lowest BCUT2D eigenvalue weighted by atomic mass is 10.2. The summed E-state index contributed by atoms with van der Waals surface area (Å²) in [5, 5.41) is 2.55. The molecule has 0 fully saturated rings. The third-order valence-corrected chi connectivity index (χ3v) is 6.83. The zero-order valence-corrected chi connectivity index (χ0v) is 18.5. The second-order valence-corrected chi connectivity index (χ2v) is 9.63. The van der Waals surface area contributed by atoms with Gasteiger partial charge in [-0.1, -0.05) is 18.2 Å². The topological polar surface area (TPSA) is 86.8 Å². The second kappa shape index (κ2) is 9.91. The van der Waals surface area contributed by atoms with Crippen LogP contribution in [0.25, 0.3) is 0 Å². The van der Waals surface area contributed by atoms with E-state index in [1.165, 1.54) is 43.3 Å². The molecule has 0 spiro atoms. The Bertz CT molecular complexity index is 973. The quantitative estimate of drug-likeness (QED) is 0.642. The molecule has 7 nitrogen and oxygen atoms in total. The van der Waals surface area contributed by atoms with Crippen LogP contribution in [0, 0.1) is 0 Å². The maximum Gasteiger partial charge on any atom is 0.251 e. The highest BCUT2D eigenvalue weighted by Gasteiger charge is 2.19. The number of rotatable bonds is 8. The van der Waals surface area contributed by atoms with E-state index in [4.69, 9.17) is 0 Å². The Morgan fingerprint density at radius 2 is 1.69 bits per heavy atom. The van der Waals surface area contributed by atoms with E-state index in [2.05, 4.69) is 5.32 Å². The normalized spacial score (nSPS) is 11.3. The Balaban J connectivity index is 1.96.